The third kappa shape index (κ3) is 3.10. The topological polar surface area (TPSA) is 42.5 Å². The molecule has 1 aliphatic carbocycles. The molecule has 2 heterocycles. The Hall–Kier alpha value is -1.17. The number of nitrogens with one attached hydrogen (secondary N) is 2. The summed E-state index contributed by atoms with van der Waals surface area (Å²) in [6.07, 6.45) is 4.57. The first-order chi connectivity index (χ1) is 11.3. The maximum Gasteiger partial charge on any atom is 0.165 e. The highest BCUT2D eigenvalue weighted by atomic mass is 19.1. The Morgan fingerprint density at radius 3 is 3.00 bits per heavy atom. The van der Waals surface area contributed by atoms with Gasteiger partial charge in [0.1, 0.15) is 0 Å². The Balaban J connectivity index is 1.49. The smallest absolute Gasteiger partial charge is 0.165 e. The summed E-state index contributed by atoms with van der Waals surface area (Å²) in [6, 6.07) is 6.33. The molecule has 0 amide bonds. The van der Waals surface area contributed by atoms with Crippen molar-refractivity contribution >= 4 is 0 Å². The largest absolute Gasteiger partial charge is 0.490 e. The van der Waals surface area contributed by atoms with Gasteiger partial charge in [-0.25, -0.2) is 4.39 Å². The number of benzene rings is 1. The van der Waals surface area contributed by atoms with Gasteiger partial charge in [0.15, 0.2) is 11.6 Å². The van der Waals surface area contributed by atoms with Crippen LogP contribution in [0.25, 0.3) is 0 Å². The lowest BCUT2D eigenvalue weighted by Crippen LogP contribution is -2.51. The first-order valence-corrected chi connectivity index (χ1v) is 8.81. The Labute approximate surface area is 136 Å². The lowest BCUT2D eigenvalue weighted by atomic mass is 9.91. The van der Waals surface area contributed by atoms with Crippen molar-refractivity contribution in [1.29, 1.82) is 0 Å². The van der Waals surface area contributed by atoms with Gasteiger partial charge >= 0.3 is 0 Å². The molecule has 126 valence electrons. The van der Waals surface area contributed by atoms with Crippen molar-refractivity contribution in [3.63, 3.8) is 0 Å². The van der Waals surface area contributed by atoms with E-state index in [-0.39, 0.29) is 11.9 Å². The average Bonchev–Trinajstić information content (AvgIpc) is 3.05. The Morgan fingerprint density at radius 2 is 2.13 bits per heavy atom. The fourth-order valence-electron chi connectivity index (χ4n) is 4.36. The zero-order valence-electron chi connectivity index (χ0n) is 13.4. The predicted molar refractivity (Wildman–Crippen MR) is 86.1 cm³/mol. The number of morpholine rings is 1. The molecule has 4 rings (SSSR count). The number of fused-ring (bicyclic) bond motifs is 1. The summed E-state index contributed by atoms with van der Waals surface area (Å²) in [5.41, 5.74) is 0.967. The minimum Gasteiger partial charge on any atom is -0.490 e. The second-order valence-electron chi connectivity index (χ2n) is 6.85. The van der Waals surface area contributed by atoms with Crippen LogP contribution in [0, 0.1) is 11.7 Å². The summed E-state index contributed by atoms with van der Waals surface area (Å²) in [5, 5.41) is 7.41. The number of ether oxygens (including phenoxy) is 2. The molecule has 1 aromatic carbocycles. The van der Waals surface area contributed by atoms with Gasteiger partial charge in [-0.1, -0.05) is 18.6 Å². The molecule has 2 fully saturated rings. The van der Waals surface area contributed by atoms with Crippen LogP contribution >= 0.6 is 0 Å². The lowest BCUT2D eigenvalue weighted by Gasteiger charge is -2.36. The van der Waals surface area contributed by atoms with Crippen LogP contribution in [0.4, 0.5) is 4.39 Å². The summed E-state index contributed by atoms with van der Waals surface area (Å²) in [6.45, 7) is 3.14. The molecule has 0 bridgehead atoms. The fourth-order valence-corrected chi connectivity index (χ4v) is 4.36. The summed E-state index contributed by atoms with van der Waals surface area (Å²) >= 11 is 0. The second kappa shape index (κ2) is 6.75. The van der Waals surface area contributed by atoms with Gasteiger partial charge in [0.05, 0.1) is 19.8 Å². The van der Waals surface area contributed by atoms with E-state index >= 15 is 0 Å². The third-order valence-corrected chi connectivity index (χ3v) is 5.48. The van der Waals surface area contributed by atoms with Gasteiger partial charge in [-0.05, 0) is 24.8 Å². The van der Waals surface area contributed by atoms with Crippen LogP contribution < -0.4 is 15.4 Å². The van der Waals surface area contributed by atoms with E-state index in [1.165, 1.54) is 25.3 Å². The van der Waals surface area contributed by atoms with Gasteiger partial charge in [0, 0.05) is 36.7 Å². The molecule has 3 unspecified atom stereocenters. The first-order valence-electron chi connectivity index (χ1n) is 8.81. The van der Waals surface area contributed by atoms with Crippen molar-refractivity contribution in [2.45, 2.75) is 43.8 Å². The monoisotopic (exact) mass is 320 g/mol. The zero-order chi connectivity index (χ0) is 15.6. The molecule has 1 saturated carbocycles. The number of halogens is 1. The van der Waals surface area contributed by atoms with E-state index in [1.807, 2.05) is 6.07 Å². The minimum absolute atomic E-state index is 0.185. The summed E-state index contributed by atoms with van der Waals surface area (Å²) in [4.78, 5) is 0. The summed E-state index contributed by atoms with van der Waals surface area (Å²) < 4.78 is 25.1. The van der Waals surface area contributed by atoms with Crippen molar-refractivity contribution in [3.05, 3.63) is 29.6 Å². The van der Waals surface area contributed by atoms with E-state index in [9.17, 15) is 4.39 Å². The summed E-state index contributed by atoms with van der Waals surface area (Å²) in [5.74, 6) is 0.777. The van der Waals surface area contributed by atoms with E-state index in [4.69, 9.17) is 9.47 Å². The van der Waals surface area contributed by atoms with E-state index in [2.05, 4.69) is 10.6 Å². The molecule has 0 radical (unpaired) electrons. The van der Waals surface area contributed by atoms with Crippen molar-refractivity contribution in [2.24, 2.45) is 5.92 Å². The molecule has 2 aliphatic heterocycles. The highest BCUT2D eigenvalue weighted by molar-refractivity contribution is 5.39. The highest BCUT2D eigenvalue weighted by Crippen LogP contribution is 2.37. The first kappa shape index (κ1) is 15.4. The SMILES string of the molecule is Fc1cccc2c1OCC[C@H]2NC1CCCC1C1COCCN1. The Morgan fingerprint density at radius 1 is 1.17 bits per heavy atom. The molecule has 0 aromatic heterocycles. The molecular formula is C18H25FN2O2. The quantitative estimate of drug-likeness (QED) is 0.897. The zero-order valence-corrected chi connectivity index (χ0v) is 13.4. The number of hydrogen-bond acceptors (Lipinski definition) is 4. The standard InChI is InChI=1S/C18H25FN2O2/c19-14-5-1-4-13-16(7-9-23-18(13)14)21-15-6-2-3-12(15)17-11-22-10-8-20-17/h1,4-5,12,15-17,20-21H,2-3,6-11H2/t12?,15?,16-,17?/m1/s1. The van der Waals surface area contributed by atoms with E-state index in [1.54, 1.807) is 6.07 Å². The number of rotatable bonds is 3. The molecule has 0 spiro atoms. The molecule has 4 nitrogen and oxygen atoms in total. The normalized spacial score (nSPS) is 34.0. The molecule has 2 N–H and O–H groups in total. The lowest BCUT2D eigenvalue weighted by molar-refractivity contribution is 0.0511. The average molecular weight is 320 g/mol. The van der Waals surface area contributed by atoms with Crippen LogP contribution in [-0.2, 0) is 4.74 Å². The molecule has 1 aromatic rings. The minimum atomic E-state index is -0.251. The molecular weight excluding hydrogens is 295 g/mol. The third-order valence-electron chi connectivity index (χ3n) is 5.48. The second-order valence-corrected chi connectivity index (χ2v) is 6.85. The van der Waals surface area contributed by atoms with Crippen LogP contribution in [0.2, 0.25) is 0 Å². The fraction of sp³-hybridized carbons (Fsp3) is 0.667. The van der Waals surface area contributed by atoms with E-state index < -0.39 is 0 Å². The van der Waals surface area contributed by atoms with Crippen LogP contribution in [0.1, 0.15) is 37.3 Å². The van der Waals surface area contributed by atoms with Crippen molar-refractivity contribution in [1.82, 2.24) is 10.6 Å². The van der Waals surface area contributed by atoms with Crippen LogP contribution in [-0.4, -0.2) is 38.4 Å². The maximum absolute atomic E-state index is 13.9. The van der Waals surface area contributed by atoms with Gasteiger partial charge in [-0.15, -0.1) is 0 Å². The molecule has 3 aliphatic rings. The van der Waals surface area contributed by atoms with Crippen LogP contribution in [0.5, 0.6) is 5.75 Å². The molecule has 23 heavy (non-hydrogen) atoms. The Bertz CT molecular complexity index is 548. The maximum atomic E-state index is 13.9. The number of hydrogen-bond donors (Lipinski definition) is 2. The van der Waals surface area contributed by atoms with E-state index in [0.29, 0.717) is 30.4 Å². The number of para-hydroxylation sites is 1. The Kier molecular flexibility index (Phi) is 4.51. The highest BCUT2D eigenvalue weighted by Gasteiger charge is 2.37. The summed E-state index contributed by atoms with van der Waals surface area (Å²) in [7, 11) is 0. The van der Waals surface area contributed by atoms with Crippen LogP contribution in [0.15, 0.2) is 18.2 Å². The van der Waals surface area contributed by atoms with Crippen molar-refractivity contribution in [3.8, 4) is 5.75 Å². The van der Waals surface area contributed by atoms with Crippen molar-refractivity contribution < 1.29 is 13.9 Å². The van der Waals surface area contributed by atoms with Crippen LogP contribution in [0.3, 0.4) is 0 Å². The van der Waals surface area contributed by atoms with Gasteiger partial charge in [-0.3, -0.25) is 0 Å². The molecule has 4 atom stereocenters. The van der Waals surface area contributed by atoms with Gasteiger partial charge in [0.2, 0.25) is 0 Å². The van der Waals surface area contributed by atoms with E-state index in [0.717, 1.165) is 31.7 Å². The van der Waals surface area contributed by atoms with Crippen molar-refractivity contribution in [2.75, 3.05) is 26.4 Å². The molecule has 5 heteroatoms. The van der Waals surface area contributed by atoms with Gasteiger partial charge in [-0.2, -0.15) is 0 Å². The van der Waals surface area contributed by atoms with Gasteiger partial charge in [0.25, 0.3) is 0 Å². The van der Waals surface area contributed by atoms with Gasteiger partial charge < -0.3 is 20.1 Å². The molecule has 1 saturated heterocycles. The predicted octanol–water partition coefficient (Wildman–Crippen LogP) is 2.40.